The van der Waals surface area contributed by atoms with Crippen LogP contribution in [0.1, 0.15) is 37.8 Å². The standard InChI is InChI=1S/C20H22ClFN2O3S/c1-14(15-10-11-18(22)17(21)13-15)23-20(25)19-9-5-6-12-24(19)28(26,27)16-7-3-2-4-8-16/h2-4,7-8,10-11,13-14,19H,5-6,9,12H2,1H3,(H,23,25). The Balaban J connectivity index is 1.79. The molecule has 1 aliphatic rings. The Labute approximate surface area is 169 Å². The minimum atomic E-state index is -3.77. The number of amides is 1. The first-order valence-electron chi connectivity index (χ1n) is 9.13. The van der Waals surface area contributed by atoms with Crippen LogP contribution in [0.5, 0.6) is 0 Å². The van der Waals surface area contributed by atoms with Gasteiger partial charge in [-0.15, -0.1) is 0 Å². The second kappa shape index (κ2) is 8.59. The van der Waals surface area contributed by atoms with E-state index in [1.807, 2.05) is 0 Å². The van der Waals surface area contributed by atoms with Gasteiger partial charge in [-0.3, -0.25) is 4.79 Å². The molecule has 1 amide bonds. The number of carbonyl (C=O) groups excluding carboxylic acids is 1. The maximum Gasteiger partial charge on any atom is 0.243 e. The number of hydrogen-bond donors (Lipinski definition) is 1. The number of hydrogen-bond acceptors (Lipinski definition) is 3. The van der Waals surface area contributed by atoms with Gasteiger partial charge in [0.2, 0.25) is 15.9 Å². The molecule has 2 atom stereocenters. The van der Waals surface area contributed by atoms with Crippen LogP contribution in [0.2, 0.25) is 5.02 Å². The third-order valence-electron chi connectivity index (χ3n) is 4.91. The second-order valence-electron chi connectivity index (χ2n) is 6.84. The molecule has 28 heavy (non-hydrogen) atoms. The Morgan fingerprint density at radius 2 is 1.93 bits per heavy atom. The van der Waals surface area contributed by atoms with E-state index in [9.17, 15) is 17.6 Å². The first kappa shape index (κ1) is 20.8. The highest BCUT2D eigenvalue weighted by Crippen LogP contribution is 2.27. The lowest BCUT2D eigenvalue weighted by atomic mass is 10.0. The molecule has 8 heteroatoms. The number of nitrogens with zero attached hydrogens (tertiary/aromatic N) is 1. The molecule has 0 saturated carbocycles. The predicted molar refractivity (Wildman–Crippen MR) is 106 cm³/mol. The van der Waals surface area contributed by atoms with Crippen LogP contribution in [0, 0.1) is 5.82 Å². The lowest BCUT2D eigenvalue weighted by molar-refractivity contribution is -0.126. The summed E-state index contributed by atoms with van der Waals surface area (Å²) < 4.78 is 40.7. The van der Waals surface area contributed by atoms with Crippen molar-refractivity contribution < 1.29 is 17.6 Å². The number of halogens is 2. The lowest BCUT2D eigenvalue weighted by Gasteiger charge is -2.34. The van der Waals surface area contributed by atoms with Crippen LogP contribution in [-0.4, -0.2) is 31.2 Å². The van der Waals surface area contributed by atoms with Crippen LogP contribution in [0.15, 0.2) is 53.4 Å². The molecule has 0 spiro atoms. The maximum atomic E-state index is 13.4. The molecule has 1 aliphatic heterocycles. The number of benzene rings is 2. The number of carbonyl (C=O) groups is 1. The monoisotopic (exact) mass is 424 g/mol. The number of piperidine rings is 1. The Hall–Kier alpha value is -1.96. The van der Waals surface area contributed by atoms with Gasteiger partial charge >= 0.3 is 0 Å². The molecule has 1 heterocycles. The van der Waals surface area contributed by atoms with E-state index >= 15 is 0 Å². The van der Waals surface area contributed by atoms with Gasteiger partial charge in [0.25, 0.3) is 0 Å². The second-order valence-corrected chi connectivity index (χ2v) is 9.14. The van der Waals surface area contributed by atoms with E-state index in [1.165, 1.54) is 28.6 Å². The molecule has 1 fully saturated rings. The Morgan fingerprint density at radius 3 is 2.61 bits per heavy atom. The molecule has 0 aromatic heterocycles. The van der Waals surface area contributed by atoms with Crippen molar-refractivity contribution in [1.29, 1.82) is 0 Å². The molecule has 0 radical (unpaired) electrons. The molecule has 0 bridgehead atoms. The molecule has 1 N–H and O–H groups in total. The van der Waals surface area contributed by atoms with Crippen molar-refractivity contribution >= 4 is 27.5 Å². The minimum Gasteiger partial charge on any atom is -0.348 e. The summed E-state index contributed by atoms with van der Waals surface area (Å²) in [6.07, 6.45) is 1.93. The van der Waals surface area contributed by atoms with Crippen molar-refractivity contribution in [2.75, 3.05) is 6.54 Å². The predicted octanol–water partition coefficient (Wildman–Crippen LogP) is 3.90. The van der Waals surface area contributed by atoms with Crippen molar-refractivity contribution in [2.24, 2.45) is 0 Å². The Kier molecular flexibility index (Phi) is 6.37. The molecule has 2 aromatic rings. The van der Waals surface area contributed by atoms with E-state index < -0.39 is 27.9 Å². The lowest BCUT2D eigenvalue weighted by Crippen LogP contribution is -2.52. The van der Waals surface area contributed by atoms with Gasteiger partial charge in [0, 0.05) is 6.54 Å². The van der Waals surface area contributed by atoms with Crippen LogP contribution >= 0.6 is 11.6 Å². The average molecular weight is 425 g/mol. The van der Waals surface area contributed by atoms with Gasteiger partial charge in [0.1, 0.15) is 11.9 Å². The third-order valence-corrected chi connectivity index (χ3v) is 7.12. The normalized spacial score (nSPS) is 19.2. The van der Waals surface area contributed by atoms with Crippen molar-refractivity contribution in [3.63, 3.8) is 0 Å². The van der Waals surface area contributed by atoms with Crippen molar-refractivity contribution in [2.45, 2.75) is 43.2 Å². The largest absolute Gasteiger partial charge is 0.348 e. The van der Waals surface area contributed by atoms with E-state index in [0.717, 1.165) is 6.42 Å². The zero-order valence-corrected chi connectivity index (χ0v) is 17.0. The van der Waals surface area contributed by atoms with E-state index in [1.54, 1.807) is 31.2 Å². The van der Waals surface area contributed by atoms with Gasteiger partial charge < -0.3 is 5.32 Å². The zero-order valence-electron chi connectivity index (χ0n) is 15.4. The van der Waals surface area contributed by atoms with E-state index in [-0.39, 0.29) is 15.8 Å². The first-order valence-corrected chi connectivity index (χ1v) is 10.9. The Morgan fingerprint density at radius 1 is 1.21 bits per heavy atom. The fraction of sp³-hybridized carbons (Fsp3) is 0.350. The summed E-state index contributed by atoms with van der Waals surface area (Å²) in [4.78, 5) is 13.1. The zero-order chi connectivity index (χ0) is 20.3. The molecule has 3 rings (SSSR count). The fourth-order valence-electron chi connectivity index (χ4n) is 3.36. The van der Waals surface area contributed by atoms with Gasteiger partial charge in [-0.25, -0.2) is 12.8 Å². The summed E-state index contributed by atoms with van der Waals surface area (Å²) in [7, 11) is -3.77. The summed E-state index contributed by atoms with van der Waals surface area (Å²) >= 11 is 5.82. The number of sulfonamides is 1. The van der Waals surface area contributed by atoms with E-state index in [2.05, 4.69) is 5.32 Å². The Bertz CT molecular complexity index is 953. The van der Waals surface area contributed by atoms with Gasteiger partial charge in [-0.2, -0.15) is 4.31 Å². The molecule has 1 saturated heterocycles. The van der Waals surface area contributed by atoms with Crippen LogP contribution in [0.3, 0.4) is 0 Å². The highest BCUT2D eigenvalue weighted by molar-refractivity contribution is 7.89. The SMILES string of the molecule is CC(NC(=O)C1CCCCN1S(=O)(=O)c1ccccc1)c1ccc(F)c(Cl)c1. The average Bonchev–Trinajstić information content (AvgIpc) is 2.70. The molecule has 0 aliphatic carbocycles. The molecular weight excluding hydrogens is 403 g/mol. The fourth-order valence-corrected chi connectivity index (χ4v) is 5.22. The van der Waals surface area contributed by atoms with Crippen molar-refractivity contribution in [1.82, 2.24) is 9.62 Å². The summed E-state index contributed by atoms with van der Waals surface area (Å²) in [6, 6.07) is 11.2. The van der Waals surface area contributed by atoms with Gasteiger partial charge in [-0.1, -0.05) is 42.3 Å². The van der Waals surface area contributed by atoms with Gasteiger partial charge in [0.05, 0.1) is 16.0 Å². The highest BCUT2D eigenvalue weighted by atomic mass is 35.5. The third kappa shape index (κ3) is 4.37. The van der Waals surface area contributed by atoms with Gasteiger partial charge in [0.15, 0.2) is 0 Å². The summed E-state index contributed by atoms with van der Waals surface area (Å²) in [5.41, 5.74) is 0.646. The van der Waals surface area contributed by atoms with Crippen LogP contribution in [0.25, 0.3) is 0 Å². The van der Waals surface area contributed by atoms with Crippen LogP contribution in [0.4, 0.5) is 4.39 Å². The first-order chi connectivity index (χ1) is 13.3. The smallest absolute Gasteiger partial charge is 0.243 e. The quantitative estimate of drug-likeness (QED) is 0.791. The molecule has 2 unspecified atom stereocenters. The summed E-state index contributed by atoms with van der Waals surface area (Å²) in [6.45, 7) is 2.05. The molecule has 2 aromatic carbocycles. The number of rotatable bonds is 5. The van der Waals surface area contributed by atoms with E-state index in [4.69, 9.17) is 11.6 Å². The van der Waals surface area contributed by atoms with Crippen LogP contribution < -0.4 is 5.32 Å². The maximum absolute atomic E-state index is 13.4. The topological polar surface area (TPSA) is 66.5 Å². The molecule has 5 nitrogen and oxygen atoms in total. The number of nitrogens with one attached hydrogen (secondary N) is 1. The van der Waals surface area contributed by atoms with Crippen LogP contribution in [-0.2, 0) is 14.8 Å². The van der Waals surface area contributed by atoms with E-state index in [0.29, 0.717) is 24.9 Å². The van der Waals surface area contributed by atoms with Gasteiger partial charge in [-0.05, 0) is 49.6 Å². The highest BCUT2D eigenvalue weighted by Gasteiger charge is 2.37. The molecule has 150 valence electrons. The van der Waals surface area contributed by atoms with Crippen molar-refractivity contribution in [3.8, 4) is 0 Å². The minimum absolute atomic E-state index is 0.0236. The summed E-state index contributed by atoms with van der Waals surface area (Å²) in [5.74, 6) is -0.900. The molecular formula is C20H22ClFN2O3S. The van der Waals surface area contributed by atoms with Crippen molar-refractivity contribution in [3.05, 3.63) is 64.9 Å². The summed E-state index contributed by atoms with van der Waals surface area (Å²) in [5, 5.41) is 2.82.